The maximum atomic E-state index is 10.4. The minimum absolute atomic E-state index is 0.0301. The van der Waals surface area contributed by atoms with Gasteiger partial charge in [-0.25, -0.2) is 0 Å². The van der Waals surface area contributed by atoms with Gasteiger partial charge in [0, 0.05) is 6.07 Å². The molecule has 0 saturated carbocycles. The van der Waals surface area contributed by atoms with Gasteiger partial charge in [-0.05, 0) is 22.0 Å². The van der Waals surface area contributed by atoms with Crippen molar-refractivity contribution in [1.82, 2.24) is 0 Å². The van der Waals surface area contributed by atoms with Gasteiger partial charge in [0.1, 0.15) is 0 Å². The number of hydrogen-bond donors (Lipinski definition) is 1. The quantitative estimate of drug-likeness (QED) is 0.621. The van der Waals surface area contributed by atoms with Gasteiger partial charge in [-0.2, -0.15) is 5.90 Å². The molecule has 12 heavy (non-hydrogen) atoms. The van der Waals surface area contributed by atoms with Gasteiger partial charge in [0.25, 0.3) is 0 Å². The van der Waals surface area contributed by atoms with Gasteiger partial charge >= 0.3 is 5.69 Å². The van der Waals surface area contributed by atoms with Crippen LogP contribution in [0.3, 0.4) is 0 Å². The van der Waals surface area contributed by atoms with E-state index in [1.54, 1.807) is 6.07 Å². The van der Waals surface area contributed by atoms with Crippen molar-refractivity contribution in [1.29, 1.82) is 0 Å². The second-order valence-electron chi connectivity index (χ2n) is 1.96. The zero-order chi connectivity index (χ0) is 9.14. The van der Waals surface area contributed by atoms with Crippen molar-refractivity contribution >= 4 is 21.6 Å². The first-order valence-electron chi connectivity index (χ1n) is 2.96. The standard InChI is InChI=1S/C6H5BrN2O3/c7-4-2-1-3-5(9(10)11)6(4)12-8/h1-3H,8H2. The van der Waals surface area contributed by atoms with Crippen LogP contribution in [0, 0.1) is 10.1 Å². The Balaban J connectivity index is 3.27. The molecule has 6 heteroatoms. The molecule has 2 N–H and O–H groups in total. The van der Waals surface area contributed by atoms with Gasteiger partial charge in [0.05, 0.1) is 9.40 Å². The summed E-state index contributed by atoms with van der Waals surface area (Å²) in [5.74, 6) is 4.88. The molecule has 0 aliphatic heterocycles. The molecule has 0 unspecified atom stereocenters. The van der Waals surface area contributed by atoms with E-state index in [4.69, 9.17) is 5.90 Å². The summed E-state index contributed by atoms with van der Waals surface area (Å²) in [5.41, 5.74) is -0.160. The summed E-state index contributed by atoms with van der Waals surface area (Å²) >= 11 is 3.07. The van der Waals surface area contributed by atoms with Crippen LogP contribution in [0.5, 0.6) is 5.75 Å². The Hall–Kier alpha value is -1.14. The first-order chi connectivity index (χ1) is 5.66. The van der Waals surface area contributed by atoms with Crippen molar-refractivity contribution in [3.05, 3.63) is 32.8 Å². The number of hydrogen-bond acceptors (Lipinski definition) is 4. The SMILES string of the molecule is NOc1c(Br)cccc1[N+](=O)[O-]. The fourth-order valence-electron chi connectivity index (χ4n) is 0.758. The number of halogens is 1. The van der Waals surface area contributed by atoms with E-state index in [1.807, 2.05) is 0 Å². The van der Waals surface area contributed by atoms with Crippen molar-refractivity contribution in [2.45, 2.75) is 0 Å². The number of benzene rings is 1. The highest BCUT2D eigenvalue weighted by Crippen LogP contribution is 2.33. The van der Waals surface area contributed by atoms with E-state index in [2.05, 4.69) is 20.8 Å². The van der Waals surface area contributed by atoms with E-state index < -0.39 is 4.92 Å². The average Bonchev–Trinajstić information content (AvgIpc) is 2.03. The Bertz CT molecular complexity index is 316. The van der Waals surface area contributed by atoms with E-state index in [9.17, 15) is 10.1 Å². The predicted octanol–water partition coefficient (Wildman–Crippen LogP) is 1.61. The number of nitrogens with zero attached hydrogens (tertiary/aromatic N) is 1. The molecule has 1 rings (SSSR count). The molecule has 5 nitrogen and oxygen atoms in total. The maximum absolute atomic E-state index is 10.4. The lowest BCUT2D eigenvalue weighted by Gasteiger charge is -2.01. The van der Waals surface area contributed by atoms with Crippen LogP contribution in [0.15, 0.2) is 22.7 Å². The van der Waals surface area contributed by atoms with Gasteiger partial charge < -0.3 is 4.84 Å². The molecule has 0 aliphatic carbocycles. The molecule has 1 aromatic carbocycles. The summed E-state index contributed by atoms with van der Waals surface area (Å²) in [6, 6.07) is 4.45. The molecule has 1 aromatic rings. The second kappa shape index (κ2) is 3.51. The highest BCUT2D eigenvalue weighted by Gasteiger charge is 2.16. The summed E-state index contributed by atoms with van der Waals surface area (Å²) < 4.78 is 0.458. The normalized spacial score (nSPS) is 9.50. The molecule has 0 fully saturated rings. The van der Waals surface area contributed by atoms with Gasteiger partial charge in [0.2, 0.25) is 5.75 Å². The largest absolute Gasteiger partial charge is 0.403 e. The molecule has 0 aliphatic rings. The Morgan fingerprint density at radius 1 is 1.58 bits per heavy atom. The highest BCUT2D eigenvalue weighted by molar-refractivity contribution is 9.10. The van der Waals surface area contributed by atoms with E-state index in [0.29, 0.717) is 4.47 Å². The summed E-state index contributed by atoms with van der Waals surface area (Å²) in [4.78, 5) is 14.2. The Morgan fingerprint density at radius 2 is 2.25 bits per heavy atom. The van der Waals surface area contributed by atoms with Crippen molar-refractivity contribution in [3.63, 3.8) is 0 Å². The third kappa shape index (κ3) is 1.54. The summed E-state index contributed by atoms with van der Waals surface area (Å²) in [5, 5.41) is 10.4. The van der Waals surface area contributed by atoms with Gasteiger partial charge in [-0.3, -0.25) is 10.1 Å². The van der Waals surface area contributed by atoms with Crippen LogP contribution in [0.4, 0.5) is 5.69 Å². The van der Waals surface area contributed by atoms with Crippen molar-refractivity contribution in [2.24, 2.45) is 5.90 Å². The first kappa shape index (κ1) is 8.95. The molecular weight excluding hydrogens is 228 g/mol. The van der Waals surface area contributed by atoms with Crippen LogP contribution in [-0.2, 0) is 0 Å². The maximum Gasteiger partial charge on any atom is 0.314 e. The summed E-state index contributed by atoms with van der Waals surface area (Å²) in [7, 11) is 0. The Labute approximate surface area is 76.4 Å². The Kier molecular flexibility index (Phi) is 2.61. The van der Waals surface area contributed by atoms with Gasteiger partial charge in [-0.1, -0.05) is 6.07 Å². The van der Waals surface area contributed by atoms with E-state index in [1.165, 1.54) is 12.1 Å². The fourth-order valence-corrected chi connectivity index (χ4v) is 1.21. The fraction of sp³-hybridized carbons (Fsp3) is 0. The molecule has 0 atom stereocenters. The lowest BCUT2D eigenvalue weighted by Crippen LogP contribution is -2.05. The number of nitrogens with two attached hydrogens (primary N) is 1. The Morgan fingerprint density at radius 3 is 2.67 bits per heavy atom. The molecule has 0 heterocycles. The van der Waals surface area contributed by atoms with E-state index in [0.717, 1.165) is 0 Å². The van der Waals surface area contributed by atoms with Crippen LogP contribution < -0.4 is 10.7 Å². The third-order valence-corrected chi connectivity index (χ3v) is 1.89. The van der Waals surface area contributed by atoms with E-state index >= 15 is 0 Å². The zero-order valence-corrected chi connectivity index (χ0v) is 7.45. The first-order valence-corrected chi connectivity index (χ1v) is 3.75. The minimum atomic E-state index is -0.563. The minimum Gasteiger partial charge on any atom is -0.403 e. The van der Waals surface area contributed by atoms with Crippen LogP contribution in [0.25, 0.3) is 0 Å². The molecule has 0 aromatic heterocycles. The number of nitro groups is 1. The topological polar surface area (TPSA) is 78.4 Å². The molecule has 0 saturated heterocycles. The van der Waals surface area contributed by atoms with Gasteiger partial charge in [-0.15, -0.1) is 0 Å². The average molecular weight is 233 g/mol. The monoisotopic (exact) mass is 232 g/mol. The molecule has 0 amide bonds. The van der Waals surface area contributed by atoms with Crippen LogP contribution in [0.1, 0.15) is 0 Å². The van der Waals surface area contributed by atoms with Crippen LogP contribution in [-0.4, -0.2) is 4.92 Å². The summed E-state index contributed by atoms with van der Waals surface area (Å²) in [6.07, 6.45) is 0. The molecular formula is C6H5BrN2O3. The highest BCUT2D eigenvalue weighted by atomic mass is 79.9. The van der Waals surface area contributed by atoms with Crippen molar-refractivity contribution in [3.8, 4) is 5.75 Å². The zero-order valence-electron chi connectivity index (χ0n) is 5.86. The van der Waals surface area contributed by atoms with Gasteiger partial charge in [0.15, 0.2) is 0 Å². The number of rotatable bonds is 2. The van der Waals surface area contributed by atoms with Crippen molar-refractivity contribution < 1.29 is 9.76 Å². The smallest absolute Gasteiger partial charge is 0.314 e. The number of para-hydroxylation sites is 1. The lowest BCUT2D eigenvalue weighted by molar-refractivity contribution is -0.386. The third-order valence-electron chi connectivity index (χ3n) is 1.26. The molecule has 0 spiro atoms. The van der Waals surface area contributed by atoms with E-state index in [-0.39, 0.29) is 11.4 Å². The van der Waals surface area contributed by atoms with Crippen LogP contribution >= 0.6 is 15.9 Å². The van der Waals surface area contributed by atoms with Crippen LogP contribution in [0.2, 0.25) is 0 Å². The lowest BCUT2D eigenvalue weighted by atomic mass is 10.3. The predicted molar refractivity (Wildman–Crippen MR) is 45.6 cm³/mol. The number of nitro benzene ring substituents is 1. The molecule has 64 valence electrons. The molecule has 0 bridgehead atoms. The van der Waals surface area contributed by atoms with Crippen molar-refractivity contribution in [2.75, 3.05) is 0 Å². The summed E-state index contributed by atoms with van der Waals surface area (Å²) in [6.45, 7) is 0. The second-order valence-corrected chi connectivity index (χ2v) is 2.82. The molecule has 0 radical (unpaired) electrons.